The summed E-state index contributed by atoms with van der Waals surface area (Å²) in [6, 6.07) is 6.26. The number of Topliss-reactive ketones (excluding diaryl/α,β-unsaturated/α-hetero) is 1. The van der Waals surface area contributed by atoms with E-state index < -0.39 is 5.66 Å². The summed E-state index contributed by atoms with van der Waals surface area (Å²) in [5.74, 6) is 0.611. The van der Waals surface area contributed by atoms with Crippen LogP contribution in [0.25, 0.3) is 0 Å². The maximum atomic E-state index is 12.8. The summed E-state index contributed by atoms with van der Waals surface area (Å²) in [5.41, 5.74) is 9.47. The van der Waals surface area contributed by atoms with Crippen LogP contribution >= 0.6 is 15.9 Å². The van der Waals surface area contributed by atoms with Crippen molar-refractivity contribution in [3.05, 3.63) is 57.6 Å². The summed E-state index contributed by atoms with van der Waals surface area (Å²) in [6.45, 7) is 1.93. The number of hydrogen-bond donors (Lipinski definition) is 1. The monoisotopic (exact) mass is 495 g/mol. The maximum Gasteiger partial charge on any atom is 0.204 e. The molecule has 2 spiro atoms. The van der Waals surface area contributed by atoms with Crippen LogP contribution in [0.1, 0.15) is 59.9 Å². The number of ether oxygens (including phenoxy) is 1. The lowest BCUT2D eigenvalue weighted by atomic mass is 9.65. The molecule has 7 nitrogen and oxygen atoms in total. The average molecular weight is 496 g/mol. The number of benzene rings is 1. The van der Waals surface area contributed by atoms with Crippen LogP contribution in [0.15, 0.2) is 45.1 Å². The molecular weight excluding hydrogens is 470 g/mol. The van der Waals surface area contributed by atoms with E-state index >= 15 is 0 Å². The Kier molecular flexibility index (Phi) is 5.25. The van der Waals surface area contributed by atoms with Gasteiger partial charge in [-0.15, -0.1) is 0 Å². The number of halogens is 1. The van der Waals surface area contributed by atoms with E-state index in [0.29, 0.717) is 5.84 Å². The van der Waals surface area contributed by atoms with Crippen LogP contribution in [0.4, 0.5) is 0 Å². The molecule has 0 saturated heterocycles. The van der Waals surface area contributed by atoms with E-state index in [4.69, 9.17) is 20.5 Å². The van der Waals surface area contributed by atoms with Crippen molar-refractivity contribution < 1.29 is 9.53 Å². The zero-order valence-electron chi connectivity index (χ0n) is 18.3. The third kappa shape index (κ3) is 3.31. The molecule has 3 aliphatic rings. The molecule has 32 heavy (non-hydrogen) atoms. The number of aromatic nitrogens is 2. The highest BCUT2D eigenvalue weighted by Gasteiger charge is 2.60. The molecule has 1 unspecified atom stereocenters. The Morgan fingerprint density at radius 1 is 1.22 bits per heavy atom. The van der Waals surface area contributed by atoms with Crippen molar-refractivity contribution in [2.75, 3.05) is 7.11 Å². The van der Waals surface area contributed by atoms with E-state index in [0.717, 1.165) is 53.4 Å². The fourth-order valence-corrected chi connectivity index (χ4v) is 5.75. The predicted octanol–water partition coefficient (Wildman–Crippen LogP) is 3.78. The Balaban J connectivity index is 1.51. The van der Waals surface area contributed by atoms with E-state index in [2.05, 4.69) is 38.0 Å². The lowest BCUT2D eigenvalue weighted by Gasteiger charge is -2.44. The summed E-state index contributed by atoms with van der Waals surface area (Å²) in [5, 5.41) is 0. The largest absolute Gasteiger partial charge is 0.382 e. The fraction of sp³-hybridized carbons (Fsp3) is 0.458. The van der Waals surface area contributed by atoms with Crippen molar-refractivity contribution in [2.45, 2.75) is 57.2 Å². The van der Waals surface area contributed by atoms with Gasteiger partial charge >= 0.3 is 0 Å². The van der Waals surface area contributed by atoms with Gasteiger partial charge in [0.15, 0.2) is 11.5 Å². The maximum absolute atomic E-state index is 12.8. The first-order chi connectivity index (χ1) is 15.4. The van der Waals surface area contributed by atoms with Gasteiger partial charge in [-0.1, -0.05) is 18.2 Å². The minimum absolute atomic E-state index is 0.107. The van der Waals surface area contributed by atoms with Crippen molar-refractivity contribution in [3.8, 4) is 0 Å². The van der Waals surface area contributed by atoms with Gasteiger partial charge in [0.05, 0.1) is 16.3 Å². The van der Waals surface area contributed by atoms with Crippen LogP contribution in [0, 0.1) is 5.41 Å². The first-order valence-electron chi connectivity index (χ1n) is 10.9. The molecule has 8 heteroatoms. The SMILES string of the molecule is COC1CCC2(CC1)Cc1ccc(CC(=O)c3ncc(Br)cn3)cc1C21N=C(C)C(N)=N1. The van der Waals surface area contributed by atoms with Gasteiger partial charge in [-0.05, 0) is 66.1 Å². The van der Waals surface area contributed by atoms with Gasteiger partial charge in [0.1, 0.15) is 5.84 Å². The fourth-order valence-electron chi connectivity index (χ4n) is 5.55. The summed E-state index contributed by atoms with van der Waals surface area (Å²) < 4.78 is 6.37. The van der Waals surface area contributed by atoms with Crippen LogP contribution in [-0.4, -0.2) is 40.5 Å². The third-order valence-corrected chi connectivity index (χ3v) is 7.67. The Bertz CT molecular complexity index is 1120. The average Bonchev–Trinajstić information content (AvgIpc) is 3.23. The lowest BCUT2D eigenvalue weighted by Crippen LogP contribution is -2.43. The third-order valence-electron chi connectivity index (χ3n) is 7.26. The number of carbonyl (C=O) groups excluding carboxylic acids is 1. The van der Waals surface area contributed by atoms with Crippen LogP contribution in [0.5, 0.6) is 0 Å². The van der Waals surface area contributed by atoms with Gasteiger partial charge < -0.3 is 10.5 Å². The van der Waals surface area contributed by atoms with E-state index in [-0.39, 0.29) is 29.5 Å². The molecule has 2 N–H and O–H groups in total. The summed E-state index contributed by atoms with van der Waals surface area (Å²) in [4.78, 5) is 31.1. The van der Waals surface area contributed by atoms with Crippen molar-refractivity contribution in [1.29, 1.82) is 0 Å². The second kappa shape index (κ2) is 7.85. The Labute approximate surface area is 195 Å². The van der Waals surface area contributed by atoms with Crippen molar-refractivity contribution >= 4 is 33.3 Å². The highest BCUT2D eigenvalue weighted by Crippen LogP contribution is 2.61. The highest BCUT2D eigenvalue weighted by molar-refractivity contribution is 9.10. The van der Waals surface area contributed by atoms with Gasteiger partial charge in [-0.3, -0.25) is 9.79 Å². The molecule has 166 valence electrons. The molecule has 0 amide bonds. The number of methoxy groups -OCH3 is 1. The van der Waals surface area contributed by atoms with Gasteiger partial charge in [0.25, 0.3) is 0 Å². The number of aliphatic imine (C=N–C) groups is 2. The van der Waals surface area contributed by atoms with Crippen LogP contribution in [0.3, 0.4) is 0 Å². The normalized spacial score (nSPS) is 28.7. The number of rotatable bonds is 4. The number of nitrogens with zero attached hydrogens (tertiary/aromatic N) is 4. The predicted molar refractivity (Wildman–Crippen MR) is 126 cm³/mol. The summed E-state index contributed by atoms with van der Waals surface area (Å²) >= 11 is 3.30. The zero-order chi connectivity index (χ0) is 22.5. The van der Waals surface area contributed by atoms with E-state index in [1.165, 1.54) is 5.56 Å². The van der Waals surface area contributed by atoms with Crippen LogP contribution in [-0.2, 0) is 23.2 Å². The van der Waals surface area contributed by atoms with Crippen molar-refractivity contribution in [1.82, 2.24) is 9.97 Å². The summed E-state index contributed by atoms with van der Waals surface area (Å²) in [7, 11) is 1.79. The van der Waals surface area contributed by atoms with E-state index in [1.54, 1.807) is 19.5 Å². The molecule has 5 rings (SSSR count). The number of fused-ring (bicyclic) bond motifs is 3. The van der Waals surface area contributed by atoms with Crippen molar-refractivity contribution in [3.63, 3.8) is 0 Å². The topological polar surface area (TPSA) is 103 Å². The number of amidine groups is 1. The minimum Gasteiger partial charge on any atom is -0.382 e. The quantitative estimate of drug-likeness (QED) is 0.649. The Hall–Kier alpha value is -2.45. The van der Waals surface area contributed by atoms with E-state index in [1.807, 2.05) is 13.0 Å². The van der Waals surface area contributed by atoms with Crippen LogP contribution < -0.4 is 5.73 Å². The Morgan fingerprint density at radius 2 is 1.94 bits per heavy atom. The zero-order valence-corrected chi connectivity index (χ0v) is 19.9. The number of carbonyl (C=O) groups is 1. The van der Waals surface area contributed by atoms with Gasteiger partial charge in [-0.25, -0.2) is 15.0 Å². The minimum atomic E-state index is -0.706. The molecule has 0 bridgehead atoms. The molecule has 1 aromatic heterocycles. The van der Waals surface area contributed by atoms with Crippen LogP contribution in [0.2, 0.25) is 0 Å². The molecule has 1 fully saturated rings. The lowest BCUT2D eigenvalue weighted by molar-refractivity contribution is -0.000385. The van der Waals surface area contributed by atoms with E-state index in [9.17, 15) is 4.79 Å². The Morgan fingerprint density at radius 3 is 2.56 bits per heavy atom. The van der Waals surface area contributed by atoms with Crippen molar-refractivity contribution in [2.24, 2.45) is 21.1 Å². The second-order valence-corrected chi connectivity index (χ2v) is 9.99. The molecule has 0 radical (unpaired) electrons. The second-order valence-electron chi connectivity index (χ2n) is 9.07. The molecule has 1 aliphatic heterocycles. The number of ketones is 1. The molecule has 2 aliphatic carbocycles. The molecular formula is C24H26BrN5O2. The molecule has 2 heterocycles. The van der Waals surface area contributed by atoms with Gasteiger partial charge in [-0.2, -0.15) is 0 Å². The standard InChI is InChI=1S/C24H26BrN5O2/c1-14-21(26)30-24(29-14)19-9-15(10-20(31)22-27-12-17(25)13-28-22)3-4-16(19)11-23(24)7-5-18(32-2)6-8-23/h3-4,9,12-13,18H,5-8,10-11H2,1-2H3,(H2,26,30). The molecule has 1 atom stereocenters. The first kappa shape index (κ1) is 21.4. The smallest absolute Gasteiger partial charge is 0.204 e. The first-order valence-corrected chi connectivity index (χ1v) is 11.7. The molecule has 2 aromatic rings. The number of hydrogen-bond acceptors (Lipinski definition) is 7. The molecule has 1 saturated carbocycles. The molecule has 1 aromatic carbocycles. The van der Waals surface area contributed by atoms with Gasteiger partial charge in [0.2, 0.25) is 5.78 Å². The summed E-state index contributed by atoms with van der Waals surface area (Å²) in [6.07, 6.45) is 8.54. The number of nitrogens with two attached hydrogens (primary N) is 1. The highest BCUT2D eigenvalue weighted by atomic mass is 79.9. The van der Waals surface area contributed by atoms with Gasteiger partial charge in [0, 0.05) is 36.9 Å².